The van der Waals surface area contributed by atoms with Crippen molar-refractivity contribution in [3.8, 4) is 28.6 Å². The molecule has 9 nitrogen and oxygen atoms in total. The lowest BCUT2D eigenvalue weighted by molar-refractivity contribution is 0.0692. The lowest BCUT2D eigenvalue weighted by atomic mass is 10.1. The first-order valence-corrected chi connectivity index (χ1v) is 8.43. The molecule has 1 aromatic carbocycles. The predicted octanol–water partition coefficient (Wildman–Crippen LogP) is 1.84. The number of ether oxygens (including phenoxy) is 4. The third kappa shape index (κ3) is 3.50. The molecular weight excluding hydrogens is 373 g/mol. The van der Waals surface area contributed by atoms with Gasteiger partial charge >= 0.3 is 5.97 Å². The fourth-order valence-corrected chi connectivity index (χ4v) is 3.02. The molecule has 28 heavy (non-hydrogen) atoms. The van der Waals surface area contributed by atoms with E-state index in [1.807, 2.05) is 0 Å². The lowest BCUT2D eigenvalue weighted by Gasteiger charge is -2.28. The van der Waals surface area contributed by atoms with Gasteiger partial charge in [-0.05, 0) is 6.07 Å². The Hall–Kier alpha value is -3.14. The van der Waals surface area contributed by atoms with Crippen molar-refractivity contribution >= 4 is 11.8 Å². The molecule has 1 saturated heterocycles. The molecule has 0 amide bonds. The number of anilines is 1. The molecule has 3 rings (SSSR count). The van der Waals surface area contributed by atoms with Gasteiger partial charge in [0.05, 0.1) is 46.3 Å². The Kier molecular flexibility index (Phi) is 5.78. The normalized spacial score (nSPS) is 13.9. The summed E-state index contributed by atoms with van der Waals surface area (Å²) in [5, 5.41) is 9.55. The first kappa shape index (κ1) is 19.6. The van der Waals surface area contributed by atoms with Crippen LogP contribution < -0.4 is 19.1 Å². The van der Waals surface area contributed by atoms with Crippen LogP contribution in [-0.4, -0.2) is 68.7 Å². The third-order valence-electron chi connectivity index (χ3n) is 4.31. The Balaban J connectivity index is 2.20. The van der Waals surface area contributed by atoms with Gasteiger partial charge in [0, 0.05) is 13.1 Å². The highest BCUT2D eigenvalue weighted by atomic mass is 19.1. The second kappa shape index (κ2) is 8.26. The summed E-state index contributed by atoms with van der Waals surface area (Å²) in [5.41, 5.74) is 0.0862. The van der Waals surface area contributed by atoms with E-state index in [0.29, 0.717) is 26.3 Å². The lowest BCUT2D eigenvalue weighted by Crippen LogP contribution is -2.37. The average Bonchev–Trinajstić information content (AvgIpc) is 2.72. The van der Waals surface area contributed by atoms with Crippen molar-refractivity contribution in [3.05, 3.63) is 23.6 Å². The second-order valence-electron chi connectivity index (χ2n) is 5.84. The molecule has 1 fully saturated rings. The largest absolute Gasteiger partial charge is 0.492 e. The van der Waals surface area contributed by atoms with Gasteiger partial charge in [-0.15, -0.1) is 0 Å². The van der Waals surface area contributed by atoms with Crippen molar-refractivity contribution in [1.82, 2.24) is 9.97 Å². The van der Waals surface area contributed by atoms with Crippen LogP contribution in [0, 0.1) is 5.82 Å². The van der Waals surface area contributed by atoms with Gasteiger partial charge in [-0.25, -0.2) is 19.2 Å². The van der Waals surface area contributed by atoms with Crippen LogP contribution >= 0.6 is 0 Å². The van der Waals surface area contributed by atoms with Crippen LogP contribution in [0.1, 0.15) is 10.4 Å². The van der Waals surface area contributed by atoms with Gasteiger partial charge in [0.1, 0.15) is 5.56 Å². The van der Waals surface area contributed by atoms with Crippen LogP contribution in [0.2, 0.25) is 0 Å². The van der Waals surface area contributed by atoms with Crippen molar-refractivity contribution in [1.29, 1.82) is 0 Å². The molecule has 1 aromatic heterocycles. The number of aromatic carboxylic acids is 1. The fourth-order valence-electron chi connectivity index (χ4n) is 3.02. The summed E-state index contributed by atoms with van der Waals surface area (Å²) in [5.74, 6) is -1.32. The molecule has 1 N–H and O–H groups in total. The molecule has 0 atom stereocenters. The Morgan fingerprint density at radius 1 is 1.14 bits per heavy atom. The third-order valence-corrected chi connectivity index (χ3v) is 4.31. The van der Waals surface area contributed by atoms with E-state index in [1.54, 1.807) is 4.90 Å². The molecule has 0 bridgehead atoms. The second-order valence-corrected chi connectivity index (χ2v) is 5.84. The van der Waals surface area contributed by atoms with E-state index in [-0.39, 0.29) is 40.0 Å². The van der Waals surface area contributed by atoms with Crippen molar-refractivity contribution in [3.63, 3.8) is 0 Å². The fraction of sp³-hybridized carbons (Fsp3) is 0.389. The number of methoxy groups -OCH3 is 3. The van der Waals surface area contributed by atoms with Crippen LogP contribution in [0.4, 0.5) is 10.2 Å². The number of hydrogen-bond acceptors (Lipinski definition) is 8. The zero-order chi connectivity index (χ0) is 20.3. The number of aromatic nitrogens is 2. The predicted molar refractivity (Wildman–Crippen MR) is 97.1 cm³/mol. The summed E-state index contributed by atoms with van der Waals surface area (Å²) < 4.78 is 35.5. The Morgan fingerprint density at radius 2 is 1.79 bits per heavy atom. The van der Waals surface area contributed by atoms with E-state index in [9.17, 15) is 14.3 Å². The Bertz CT molecular complexity index is 886. The van der Waals surface area contributed by atoms with Gasteiger partial charge in [0.25, 0.3) is 0 Å². The van der Waals surface area contributed by atoms with Gasteiger partial charge in [0.15, 0.2) is 29.0 Å². The van der Waals surface area contributed by atoms with Gasteiger partial charge in [-0.1, -0.05) is 0 Å². The number of hydrogen-bond donors (Lipinski definition) is 1. The number of nitrogens with zero attached hydrogens (tertiary/aromatic N) is 3. The molecule has 0 aliphatic carbocycles. The highest BCUT2D eigenvalue weighted by Gasteiger charge is 2.27. The quantitative estimate of drug-likeness (QED) is 0.787. The molecule has 1 aliphatic heterocycles. The summed E-state index contributed by atoms with van der Waals surface area (Å²) >= 11 is 0. The van der Waals surface area contributed by atoms with Crippen LogP contribution in [0.3, 0.4) is 0 Å². The molecule has 10 heteroatoms. The molecular formula is C18H20FN3O6. The smallest absolute Gasteiger partial charge is 0.339 e. The van der Waals surface area contributed by atoms with Crippen molar-refractivity contribution in [2.24, 2.45) is 0 Å². The number of carboxylic acids is 1. The van der Waals surface area contributed by atoms with E-state index in [0.717, 1.165) is 6.20 Å². The van der Waals surface area contributed by atoms with Gasteiger partial charge in [-0.3, -0.25) is 0 Å². The Labute approximate surface area is 160 Å². The van der Waals surface area contributed by atoms with Gasteiger partial charge in [0.2, 0.25) is 5.75 Å². The van der Waals surface area contributed by atoms with Crippen LogP contribution in [0.15, 0.2) is 12.3 Å². The molecule has 0 radical (unpaired) electrons. The summed E-state index contributed by atoms with van der Waals surface area (Å²) in [6, 6.07) is 1.32. The van der Waals surface area contributed by atoms with E-state index >= 15 is 0 Å². The average molecular weight is 393 g/mol. The maximum atomic E-state index is 14.3. The molecule has 0 spiro atoms. The summed E-state index contributed by atoms with van der Waals surface area (Å²) in [7, 11) is 4.09. The molecule has 150 valence electrons. The molecule has 1 aliphatic rings. The zero-order valence-electron chi connectivity index (χ0n) is 15.7. The zero-order valence-corrected chi connectivity index (χ0v) is 15.7. The van der Waals surface area contributed by atoms with Gasteiger partial charge < -0.3 is 29.0 Å². The number of benzene rings is 1. The van der Waals surface area contributed by atoms with Crippen molar-refractivity contribution in [2.75, 3.05) is 52.5 Å². The minimum atomic E-state index is -1.23. The first-order chi connectivity index (χ1) is 13.5. The number of carbonyl (C=O) groups is 1. The topological polar surface area (TPSA) is 103 Å². The van der Waals surface area contributed by atoms with Crippen molar-refractivity contribution < 1.29 is 33.2 Å². The number of morpholine rings is 1. The SMILES string of the molecule is COc1c(C(=O)O)cc(-c2ncc(F)c(N3CCOCC3)n2)c(OC)c1OC. The highest BCUT2D eigenvalue weighted by molar-refractivity contribution is 5.95. The van der Waals surface area contributed by atoms with E-state index in [2.05, 4.69) is 9.97 Å². The van der Waals surface area contributed by atoms with Crippen molar-refractivity contribution in [2.45, 2.75) is 0 Å². The maximum absolute atomic E-state index is 14.3. The standard InChI is InChI=1S/C18H20FN3O6/c1-25-13-10(8-11(18(23)24)14(26-2)15(13)27-3)16-20-9-12(19)17(21-16)22-4-6-28-7-5-22/h8-9H,4-7H2,1-3H3,(H,23,24). The monoisotopic (exact) mass is 393 g/mol. The summed E-state index contributed by atoms with van der Waals surface area (Å²) in [6.45, 7) is 1.89. The minimum absolute atomic E-state index is 0.00566. The minimum Gasteiger partial charge on any atom is -0.492 e. The maximum Gasteiger partial charge on any atom is 0.339 e. The van der Waals surface area contributed by atoms with E-state index < -0.39 is 11.8 Å². The van der Waals surface area contributed by atoms with Crippen LogP contribution in [0.25, 0.3) is 11.4 Å². The molecule has 0 unspecified atom stereocenters. The summed E-state index contributed by atoms with van der Waals surface area (Å²) in [4.78, 5) is 21.8. The number of halogens is 1. The number of carboxylic acid groups (broad SMARTS) is 1. The summed E-state index contributed by atoms with van der Waals surface area (Å²) in [6.07, 6.45) is 1.05. The molecule has 0 saturated carbocycles. The highest BCUT2D eigenvalue weighted by Crippen LogP contribution is 2.46. The van der Waals surface area contributed by atoms with Crippen LogP contribution in [0.5, 0.6) is 17.2 Å². The molecule has 2 heterocycles. The Morgan fingerprint density at radius 3 is 2.36 bits per heavy atom. The number of rotatable bonds is 6. The molecule has 2 aromatic rings. The van der Waals surface area contributed by atoms with E-state index in [1.165, 1.54) is 27.4 Å². The van der Waals surface area contributed by atoms with E-state index in [4.69, 9.17) is 18.9 Å². The van der Waals surface area contributed by atoms with Gasteiger partial charge in [-0.2, -0.15) is 0 Å². The first-order valence-electron chi connectivity index (χ1n) is 8.43. The van der Waals surface area contributed by atoms with Crippen LogP contribution in [-0.2, 0) is 4.74 Å².